The molecule has 1 amide bonds. The Hall–Kier alpha value is -3.14. The molecule has 0 unspecified atom stereocenters. The van der Waals surface area contributed by atoms with Gasteiger partial charge in [0.2, 0.25) is 5.91 Å². The summed E-state index contributed by atoms with van der Waals surface area (Å²) in [5, 5.41) is 11.4. The molecule has 0 radical (unpaired) electrons. The summed E-state index contributed by atoms with van der Waals surface area (Å²) in [6.45, 7) is 3.79. The summed E-state index contributed by atoms with van der Waals surface area (Å²) in [5.41, 5.74) is 0.290. The fraction of sp³-hybridized carbons (Fsp3) is 0.400. The molecule has 158 valence electrons. The van der Waals surface area contributed by atoms with E-state index in [1.165, 1.54) is 23.7 Å². The Kier molecular flexibility index (Phi) is 5.10. The molecule has 1 saturated heterocycles. The van der Waals surface area contributed by atoms with Gasteiger partial charge in [0.25, 0.3) is 5.92 Å². The van der Waals surface area contributed by atoms with Crippen molar-refractivity contribution in [1.82, 2.24) is 25.1 Å². The first-order chi connectivity index (χ1) is 14.3. The molecule has 0 spiro atoms. The second-order valence-corrected chi connectivity index (χ2v) is 7.49. The highest BCUT2D eigenvalue weighted by Gasteiger charge is 2.28. The molecule has 0 aliphatic carbocycles. The predicted octanol–water partition coefficient (Wildman–Crippen LogP) is 2.68. The van der Waals surface area contributed by atoms with Gasteiger partial charge >= 0.3 is 0 Å². The van der Waals surface area contributed by atoms with E-state index in [4.69, 9.17) is 5.10 Å². The number of pyridine rings is 2. The van der Waals surface area contributed by atoms with Gasteiger partial charge in [-0.05, 0) is 25.6 Å². The molecule has 3 aromatic rings. The number of aromatic nitrogens is 4. The third-order valence-electron chi connectivity index (χ3n) is 5.15. The van der Waals surface area contributed by atoms with Gasteiger partial charge in [-0.2, -0.15) is 8.78 Å². The number of nitrogens with zero attached hydrogens (tertiary/aromatic N) is 5. The van der Waals surface area contributed by atoms with Crippen molar-refractivity contribution < 1.29 is 13.6 Å². The smallest absolute Gasteiger partial charge is 0.287 e. The van der Waals surface area contributed by atoms with Crippen molar-refractivity contribution >= 4 is 28.4 Å². The minimum Gasteiger partial charge on any atom is -0.353 e. The van der Waals surface area contributed by atoms with Crippen molar-refractivity contribution in [2.75, 3.05) is 30.4 Å². The third-order valence-corrected chi connectivity index (χ3v) is 5.15. The number of rotatable bonds is 5. The van der Waals surface area contributed by atoms with Crippen molar-refractivity contribution in [3.8, 4) is 5.82 Å². The SMILES string of the molecule is CN[C@@H]1CCN(c2nn(-c3cccc(C(C)(F)F)n3)c3cc(NC(C)=O)ncc23)C1. The van der Waals surface area contributed by atoms with Crippen molar-refractivity contribution in [1.29, 1.82) is 0 Å². The van der Waals surface area contributed by atoms with Gasteiger partial charge < -0.3 is 15.5 Å². The maximum Gasteiger partial charge on any atom is 0.287 e. The van der Waals surface area contributed by atoms with Gasteiger partial charge in [0.05, 0.1) is 10.9 Å². The van der Waals surface area contributed by atoms with Crippen LogP contribution >= 0.6 is 0 Å². The van der Waals surface area contributed by atoms with Gasteiger partial charge in [0.15, 0.2) is 11.6 Å². The second kappa shape index (κ2) is 7.60. The van der Waals surface area contributed by atoms with E-state index in [-0.39, 0.29) is 17.4 Å². The van der Waals surface area contributed by atoms with Crippen LogP contribution in [0.2, 0.25) is 0 Å². The molecular formula is C20H23F2N7O. The second-order valence-electron chi connectivity index (χ2n) is 7.49. The maximum absolute atomic E-state index is 13.8. The van der Waals surface area contributed by atoms with Gasteiger partial charge in [-0.1, -0.05) is 6.07 Å². The highest BCUT2D eigenvalue weighted by atomic mass is 19.3. The normalized spacial score (nSPS) is 17.0. The van der Waals surface area contributed by atoms with Gasteiger partial charge in [0.1, 0.15) is 11.5 Å². The molecule has 10 heteroatoms. The number of nitrogens with one attached hydrogen (secondary N) is 2. The molecule has 1 fully saturated rings. The summed E-state index contributed by atoms with van der Waals surface area (Å²) < 4.78 is 29.2. The van der Waals surface area contributed by atoms with E-state index in [1.54, 1.807) is 18.3 Å². The molecule has 0 bridgehead atoms. The Morgan fingerprint density at radius 1 is 1.33 bits per heavy atom. The molecule has 1 aliphatic rings. The first-order valence-corrected chi connectivity index (χ1v) is 9.70. The summed E-state index contributed by atoms with van der Waals surface area (Å²) in [5.74, 6) is -1.99. The standard InChI is InChI=1S/C20H23F2N7O/c1-12(30)25-17-9-15-14(10-24-17)19(28-8-7-13(11-28)23-3)27-29(15)18-6-4-5-16(26-18)20(2,21)22/h4-6,9-10,13,23H,7-8,11H2,1-3H3,(H,24,25,30)/t13-/m1/s1. The molecule has 0 aromatic carbocycles. The molecule has 2 N–H and O–H groups in total. The minimum atomic E-state index is -3.07. The van der Waals surface area contributed by atoms with E-state index in [2.05, 4.69) is 25.5 Å². The fourth-order valence-corrected chi connectivity index (χ4v) is 3.63. The molecule has 0 saturated carbocycles. The zero-order valence-electron chi connectivity index (χ0n) is 17.0. The van der Waals surface area contributed by atoms with E-state index in [0.29, 0.717) is 23.2 Å². The molecule has 30 heavy (non-hydrogen) atoms. The molecule has 1 aliphatic heterocycles. The van der Waals surface area contributed by atoms with Crippen molar-refractivity contribution in [2.24, 2.45) is 0 Å². The summed E-state index contributed by atoms with van der Waals surface area (Å²) in [7, 11) is 1.92. The molecule has 4 rings (SSSR count). The minimum absolute atomic E-state index is 0.254. The quantitative estimate of drug-likeness (QED) is 0.666. The van der Waals surface area contributed by atoms with Crippen molar-refractivity contribution in [3.05, 3.63) is 36.2 Å². The average molecular weight is 415 g/mol. The Morgan fingerprint density at radius 3 is 2.80 bits per heavy atom. The van der Waals surface area contributed by atoms with Crippen LogP contribution in [0.25, 0.3) is 16.7 Å². The lowest BCUT2D eigenvalue weighted by atomic mass is 10.2. The summed E-state index contributed by atoms with van der Waals surface area (Å²) in [4.78, 5) is 22.0. The Bertz CT molecular complexity index is 1090. The number of carbonyl (C=O) groups is 1. The van der Waals surface area contributed by atoms with Crippen molar-refractivity contribution in [3.63, 3.8) is 0 Å². The van der Waals surface area contributed by atoms with Gasteiger partial charge in [-0.15, -0.1) is 5.10 Å². The van der Waals surface area contributed by atoms with E-state index < -0.39 is 5.92 Å². The molecular weight excluding hydrogens is 392 g/mol. The van der Waals surface area contributed by atoms with Crippen LogP contribution in [0, 0.1) is 0 Å². The van der Waals surface area contributed by atoms with Crippen molar-refractivity contribution in [2.45, 2.75) is 32.2 Å². The predicted molar refractivity (Wildman–Crippen MR) is 110 cm³/mol. The van der Waals surface area contributed by atoms with Crippen LogP contribution in [-0.2, 0) is 10.7 Å². The van der Waals surface area contributed by atoms with Gasteiger partial charge in [-0.3, -0.25) is 4.79 Å². The van der Waals surface area contributed by atoms with Crippen LogP contribution < -0.4 is 15.5 Å². The van der Waals surface area contributed by atoms with Crippen LogP contribution in [0.15, 0.2) is 30.5 Å². The Labute approximate surface area is 172 Å². The van der Waals surface area contributed by atoms with Crippen LogP contribution in [-0.4, -0.2) is 51.8 Å². The number of alkyl halides is 2. The largest absolute Gasteiger partial charge is 0.353 e. The van der Waals surface area contributed by atoms with Crippen LogP contribution in [0.1, 0.15) is 26.0 Å². The van der Waals surface area contributed by atoms with Gasteiger partial charge in [-0.25, -0.2) is 14.6 Å². The number of likely N-dealkylation sites (N-methyl/N-ethyl adjacent to an activating group) is 1. The molecule has 1 atom stereocenters. The zero-order valence-corrected chi connectivity index (χ0v) is 17.0. The van der Waals surface area contributed by atoms with Crippen LogP contribution in [0.5, 0.6) is 0 Å². The first kappa shape index (κ1) is 20.1. The number of carbonyl (C=O) groups excluding carboxylic acids is 1. The number of hydrogen-bond donors (Lipinski definition) is 2. The summed E-state index contributed by atoms with van der Waals surface area (Å²) in [6.07, 6.45) is 2.61. The number of fused-ring (bicyclic) bond motifs is 1. The fourth-order valence-electron chi connectivity index (χ4n) is 3.63. The topological polar surface area (TPSA) is 88.0 Å². The molecule has 3 aromatic heterocycles. The highest BCUT2D eigenvalue weighted by Crippen LogP contribution is 2.32. The average Bonchev–Trinajstić information content (AvgIpc) is 3.31. The van der Waals surface area contributed by atoms with Crippen LogP contribution in [0.3, 0.4) is 0 Å². The number of halogens is 2. The van der Waals surface area contributed by atoms with E-state index in [9.17, 15) is 13.6 Å². The Morgan fingerprint density at radius 2 is 2.13 bits per heavy atom. The number of anilines is 2. The van der Waals surface area contributed by atoms with E-state index in [1.807, 2.05) is 7.05 Å². The zero-order chi connectivity index (χ0) is 21.5. The summed E-state index contributed by atoms with van der Waals surface area (Å²) >= 11 is 0. The number of amides is 1. The van der Waals surface area contributed by atoms with Gasteiger partial charge in [0, 0.05) is 45.2 Å². The van der Waals surface area contributed by atoms with Crippen LogP contribution in [0.4, 0.5) is 20.4 Å². The lowest BCUT2D eigenvalue weighted by Gasteiger charge is -2.15. The lowest BCUT2D eigenvalue weighted by molar-refractivity contribution is -0.114. The monoisotopic (exact) mass is 415 g/mol. The van der Waals surface area contributed by atoms with E-state index in [0.717, 1.165) is 31.8 Å². The molecule has 4 heterocycles. The Balaban J connectivity index is 1.86. The van der Waals surface area contributed by atoms with E-state index >= 15 is 0 Å². The lowest BCUT2D eigenvalue weighted by Crippen LogP contribution is -2.29. The maximum atomic E-state index is 13.8. The highest BCUT2D eigenvalue weighted by molar-refractivity contribution is 5.95. The molecule has 8 nitrogen and oxygen atoms in total. The number of hydrogen-bond acceptors (Lipinski definition) is 6. The summed E-state index contributed by atoms with van der Waals surface area (Å²) in [6, 6.07) is 6.47. The third kappa shape index (κ3) is 3.82. The first-order valence-electron chi connectivity index (χ1n) is 9.70.